The Bertz CT molecular complexity index is 3250. The molecule has 10 rings (SSSR count). The molecule has 15 heteroatoms. The minimum Gasteiger partial charge on any atom is -0.493 e. The number of benzene rings is 5. The van der Waals surface area contributed by atoms with Gasteiger partial charge in [0.15, 0.2) is 17.4 Å². The first-order valence-corrected chi connectivity index (χ1v) is 29.5. The largest absolute Gasteiger partial charge is 0.493 e. The predicted molar refractivity (Wildman–Crippen MR) is 301 cm³/mol. The van der Waals surface area contributed by atoms with Gasteiger partial charge in [0.25, 0.3) is 0 Å². The summed E-state index contributed by atoms with van der Waals surface area (Å²) in [6.07, 6.45) is 1.77. The topological polar surface area (TPSA) is 92.6 Å². The molecule has 1 amide bonds. The summed E-state index contributed by atoms with van der Waals surface area (Å²) in [7, 11) is -1.18. The van der Waals surface area contributed by atoms with Gasteiger partial charge in [-0.1, -0.05) is 114 Å². The number of rotatable bonds is 12. The first-order valence-electron chi connectivity index (χ1n) is 27.3. The summed E-state index contributed by atoms with van der Waals surface area (Å²) in [5.74, 6) is 0.424. The molecule has 2 unspecified atom stereocenters. The molecule has 6 aromatic rings. The zero-order valence-corrected chi connectivity index (χ0v) is 46.9. The predicted octanol–water partition coefficient (Wildman–Crippen LogP) is 14.2. The summed E-state index contributed by atoms with van der Waals surface area (Å²) in [6.45, 7) is 20.1. The molecule has 10 nitrogen and oxygen atoms in total. The SMILES string of the molecule is COc1c(F)c(-c2cc(N=C(c3ccccc3)c3ccccc3)cc3ccc(F)c(C#C[Si](C(C)C)(C(C)C)C(C)C)c23)c(F)c2nc(OC[C@@]34CCCN3C[C@H](F)C4)nc(N3CC4CCC(C3)N4C(=O)OC(C)(C)C)c12. The number of hydrogen-bond donors (Lipinski definition) is 0. The van der Waals surface area contributed by atoms with E-state index in [1.165, 1.54) is 13.2 Å². The zero-order chi connectivity index (χ0) is 54.7. The lowest BCUT2D eigenvalue weighted by atomic mass is 9.91. The standard InChI is InChI=1S/C62H70F4N6O4Si/c1-37(2)77(38(3)4,39(5)6)29-26-47-49(64)25-22-42-30-44(67-55(40-18-13-11-14-19-40)41-20-15-12-16-21-41)31-48(50(42)47)51-53(65)56-52(57(74-10)54(51)66)58(69-59(68-56)75-36-62-27-17-28-71(62)33-43(63)32-62)70-34-45-23-24-46(35-70)72(45)60(73)76-61(7,8)9/h11-16,18-22,25,30-31,37-39,43,45-46H,17,23-24,27-28,32-36H2,1-10H3/t43-,45?,46?,62+/m1/s1. The van der Waals surface area contributed by atoms with E-state index in [2.05, 4.69) is 57.9 Å². The number of carbonyl (C=O) groups excluding carboxylic acids is 1. The van der Waals surface area contributed by atoms with Crippen LogP contribution in [-0.4, -0.2) is 109 Å². The van der Waals surface area contributed by atoms with Crippen LogP contribution in [0.1, 0.15) is 111 Å². The van der Waals surface area contributed by atoms with Crippen molar-refractivity contribution in [3.63, 3.8) is 0 Å². The fourth-order valence-electron chi connectivity index (χ4n) is 13.3. The van der Waals surface area contributed by atoms with Crippen LogP contribution >= 0.6 is 0 Å². The number of aliphatic imine (C=N–C) groups is 1. The van der Waals surface area contributed by atoms with E-state index in [0.29, 0.717) is 42.6 Å². The van der Waals surface area contributed by atoms with Crippen LogP contribution in [0.15, 0.2) is 89.9 Å². The maximum atomic E-state index is 18.8. The van der Waals surface area contributed by atoms with E-state index in [1.807, 2.05) is 86.3 Å². The number of amides is 1. The summed E-state index contributed by atoms with van der Waals surface area (Å²) in [5.41, 5.74) is 4.79. The molecule has 0 radical (unpaired) electrons. The van der Waals surface area contributed by atoms with E-state index in [4.69, 9.17) is 29.2 Å². The van der Waals surface area contributed by atoms with Gasteiger partial charge in [0.05, 0.1) is 52.6 Å². The van der Waals surface area contributed by atoms with E-state index in [0.717, 1.165) is 24.1 Å². The first-order chi connectivity index (χ1) is 36.7. The number of ether oxygens (including phenoxy) is 3. The Balaban J connectivity index is 1.23. The number of anilines is 1. The number of nitrogens with zero attached hydrogens (tertiary/aromatic N) is 6. The van der Waals surface area contributed by atoms with Crippen molar-refractivity contribution in [3.05, 3.63) is 119 Å². The zero-order valence-electron chi connectivity index (χ0n) is 45.9. The molecule has 0 saturated carbocycles. The Kier molecular flexibility index (Phi) is 14.7. The summed E-state index contributed by atoms with van der Waals surface area (Å²) in [5, 5.41) is 0.639. The molecule has 77 heavy (non-hydrogen) atoms. The first kappa shape index (κ1) is 53.9. The highest BCUT2D eigenvalue weighted by Crippen LogP contribution is 2.49. The lowest BCUT2D eigenvalue weighted by Crippen LogP contribution is -2.57. The third kappa shape index (κ3) is 9.94. The fourth-order valence-corrected chi connectivity index (χ4v) is 18.5. The molecule has 0 spiro atoms. The van der Waals surface area contributed by atoms with Gasteiger partial charge in [-0.3, -0.25) is 9.80 Å². The minimum absolute atomic E-state index is 0.00119. The van der Waals surface area contributed by atoms with Crippen molar-refractivity contribution in [2.75, 3.05) is 44.8 Å². The maximum absolute atomic E-state index is 18.8. The van der Waals surface area contributed by atoms with Crippen molar-refractivity contribution in [2.24, 2.45) is 4.99 Å². The van der Waals surface area contributed by atoms with Crippen molar-refractivity contribution in [1.82, 2.24) is 19.8 Å². The lowest BCUT2D eigenvalue weighted by Gasteiger charge is -2.42. The quantitative estimate of drug-likeness (QED) is 0.0518. The molecule has 1 aromatic heterocycles. The van der Waals surface area contributed by atoms with Crippen LogP contribution in [0.4, 0.5) is 33.9 Å². The van der Waals surface area contributed by atoms with E-state index in [-0.39, 0.29) is 99.8 Å². The Morgan fingerprint density at radius 1 is 0.844 bits per heavy atom. The van der Waals surface area contributed by atoms with Crippen molar-refractivity contribution in [1.29, 1.82) is 0 Å². The number of carbonyl (C=O) groups is 1. The van der Waals surface area contributed by atoms with Crippen molar-refractivity contribution < 1.29 is 36.6 Å². The monoisotopic (exact) mass is 1070 g/mol. The molecule has 2 bridgehead atoms. The van der Waals surface area contributed by atoms with Crippen molar-refractivity contribution in [2.45, 2.75) is 140 Å². The highest BCUT2D eigenvalue weighted by molar-refractivity contribution is 6.90. The summed E-state index contributed by atoms with van der Waals surface area (Å²) in [6, 6.07) is 24.9. The molecule has 4 aliphatic heterocycles. The van der Waals surface area contributed by atoms with Gasteiger partial charge in [0, 0.05) is 42.6 Å². The minimum atomic E-state index is -2.49. The van der Waals surface area contributed by atoms with Crippen LogP contribution in [0.3, 0.4) is 0 Å². The van der Waals surface area contributed by atoms with Gasteiger partial charge < -0.3 is 19.1 Å². The van der Waals surface area contributed by atoms with Crippen LogP contribution in [0.2, 0.25) is 16.6 Å². The highest BCUT2D eigenvalue weighted by atomic mass is 28.3. The highest BCUT2D eigenvalue weighted by Gasteiger charge is 2.50. The number of piperazine rings is 1. The van der Waals surface area contributed by atoms with Gasteiger partial charge in [0.2, 0.25) is 0 Å². The van der Waals surface area contributed by atoms with E-state index in [1.54, 1.807) is 23.1 Å². The summed E-state index contributed by atoms with van der Waals surface area (Å²) < 4.78 is 87.8. The fraction of sp³-hybridized carbons (Fsp3) is 0.452. The third-order valence-corrected chi connectivity index (χ3v) is 23.0. The number of hydrogen-bond acceptors (Lipinski definition) is 9. The smallest absolute Gasteiger partial charge is 0.410 e. The van der Waals surface area contributed by atoms with Gasteiger partial charge in [-0.25, -0.2) is 27.3 Å². The molecule has 4 atom stereocenters. The number of methoxy groups -OCH3 is 1. The summed E-state index contributed by atoms with van der Waals surface area (Å²) >= 11 is 0. The molecule has 0 aliphatic carbocycles. The lowest BCUT2D eigenvalue weighted by molar-refractivity contribution is 0.0122. The average Bonchev–Trinajstić information content (AvgIpc) is 4.09. The normalized spacial score (nSPS) is 20.6. The Hall–Kier alpha value is -6.50. The number of aromatic nitrogens is 2. The molecule has 404 valence electrons. The maximum Gasteiger partial charge on any atom is 0.410 e. The van der Waals surface area contributed by atoms with Crippen LogP contribution in [0, 0.1) is 28.9 Å². The third-order valence-electron chi connectivity index (χ3n) is 16.7. The molecule has 4 aliphatic rings. The van der Waals surface area contributed by atoms with Crippen molar-refractivity contribution >= 4 is 53.1 Å². The van der Waals surface area contributed by atoms with Gasteiger partial charge in [-0.15, -0.1) is 5.54 Å². The molecule has 4 saturated heterocycles. The van der Waals surface area contributed by atoms with Crippen molar-refractivity contribution in [3.8, 4) is 34.4 Å². The second-order valence-corrected chi connectivity index (χ2v) is 29.1. The van der Waals surface area contributed by atoms with Crippen LogP contribution in [0.5, 0.6) is 11.8 Å². The molecule has 0 N–H and O–H groups in total. The number of alkyl halides is 1. The molecular weight excluding hydrogens is 997 g/mol. The Morgan fingerprint density at radius 2 is 1.48 bits per heavy atom. The Labute approximate surface area is 451 Å². The average molecular weight is 1070 g/mol. The number of fused-ring (bicyclic) bond motifs is 5. The van der Waals surface area contributed by atoms with Gasteiger partial charge in [0.1, 0.15) is 43.6 Å². The van der Waals surface area contributed by atoms with E-state index >= 15 is 17.6 Å². The van der Waals surface area contributed by atoms with E-state index < -0.39 is 54.5 Å². The second kappa shape index (κ2) is 21.0. The van der Waals surface area contributed by atoms with Gasteiger partial charge in [-0.05, 0) is 98.8 Å². The van der Waals surface area contributed by atoms with Gasteiger partial charge >= 0.3 is 12.1 Å². The molecule has 4 fully saturated rings. The van der Waals surface area contributed by atoms with E-state index in [9.17, 15) is 4.79 Å². The van der Waals surface area contributed by atoms with Gasteiger partial charge in [-0.2, -0.15) is 9.97 Å². The molecular formula is C62H70F4N6O4Si. The molecule has 5 aromatic carbocycles. The van der Waals surface area contributed by atoms with Crippen LogP contribution in [0.25, 0.3) is 32.8 Å². The van der Waals surface area contributed by atoms with Crippen LogP contribution in [-0.2, 0) is 4.74 Å². The molecule has 5 heterocycles. The van der Waals surface area contributed by atoms with Crippen LogP contribution < -0.4 is 14.4 Å². The summed E-state index contributed by atoms with van der Waals surface area (Å²) in [4.78, 5) is 34.5. The Morgan fingerprint density at radius 3 is 2.08 bits per heavy atom. The number of halogens is 4. The second-order valence-electron chi connectivity index (χ2n) is 23.5.